The van der Waals surface area contributed by atoms with Crippen LogP contribution < -0.4 is 16.2 Å². The summed E-state index contributed by atoms with van der Waals surface area (Å²) in [6.07, 6.45) is 4.10. The van der Waals surface area contributed by atoms with Gasteiger partial charge in [-0.3, -0.25) is 4.79 Å². The fraction of sp³-hybridized carbons (Fsp3) is 0.393. The van der Waals surface area contributed by atoms with Gasteiger partial charge in [-0.2, -0.15) is 0 Å². The predicted molar refractivity (Wildman–Crippen MR) is 140 cm³/mol. The maximum absolute atomic E-state index is 14.7. The molecule has 3 aromatic heterocycles. The molecule has 1 aliphatic heterocycles. The number of nitrogens with zero attached hydrogens (tertiary/aromatic N) is 4. The molecule has 4 heterocycles. The molecule has 0 atom stereocenters. The summed E-state index contributed by atoms with van der Waals surface area (Å²) < 4.78 is 18.1. The first-order chi connectivity index (χ1) is 17.2. The van der Waals surface area contributed by atoms with E-state index in [-0.39, 0.29) is 11.6 Å². The molecule has 8 heteroatoms. The topological polar surface area (TPSA) is 76.8 Å². The fourth-order valence-electron chi connectivity index (χ4n) is 5.37. The first-order valence-corrected chi connectivity index (χ1v) is 12.6. The van der Waals surface area contributed by atoms with Crippen LogP contribution in [0.1, 0.15) is 63.4 Å². The second-order valence-electron chi connectivity index (χ2n) is 10.9. The lowest BCUT2D eigenvalue weighted by atomic mass is 9.88. The Morgan fingerprint density at radius 3 is 2.69 bits per heavy atom. The fourth-order valence-corrected chi connectivity index (χ4v) is 5.37. The Bertz CT molecular complexity index is 1540. The van der Waals surface area contributed by atoms with Crippen LogP contribution in [0, 0.1) is 0 Å². The van der Waals surface area contributed by atoms with Gasteiger partial charge in [-0.05, 0) is 75.9 Å². The summed E-state index contributed by atoms with van der Waals surface area (Å²) in [5.41, 5.74) is 3.29. The highest BCUT2D eigenvalue weighted by atomic mass is 19.1. The summed E-state index contributed by atoms with van der Waals surface area (Å²) in [5.74, 6) is 1.12. The number of hydrogen-bond acceptors (Lipinski definition) is 5. The van der Waals surface area contributed by atoms with Crippen molar-refractivity contribution < 1.29 is 4.39 Å². The van der Waals surface area contributed by atoms with Gasteiger partial charge in [0, 0.05) is 42.5 Å². The molecule has 1 spiro atoms. The average molecular weight is 487 g/mol. The number of anilines is 2. The van der Waals surface area contributed by atoms with Crippen LogP contribution in [0.15, 0.2) is 53.5 Å². The van der Waals surface area contributed by atoms with E-state index in [1.54, 1.807) is 33.8 Å². The summed E-state index contributed by atoms with van der Waals surface area (Å²) in [7, 11) is 0. The molecule has 1 aromatic carbocycles. The quantitative estimate of drug-likeness (QED) is 0.403. The highest BCUT2D eigenvalue weighted by molar-refractivity contribution is 5.82. The van der Waals surface area contributed by atoms with Gasteiger partial charge < -0.3 is 10.6 Å². The van der Waals surface area contributed by atoms with Crippen molar-refractivity contribution in [2.24, 2.45) is 0 Å². The molecule has 1 aliphatic carbocycles. The highest BCUT2D eigenvalue weighted by Gasteiger charge is 2.46. The Hall–Kier alpha value is -3.52. The van der Waals surface area contributed by atoms with Gasteiger partial charge in [-0.1, -0.05) is 12.1 Å². The van der Waals surface area contributed by atoms with E-state index >= 15 is 0 Å². The van der Waals surface area contributed by atoms with Crippen molar-refractivity contribution in [1.29, 1.82) is 0 Å². The van der Waals surface area contributed by atoms with Crippen LogP contribution in [0.2, 0.25) is 0 Å². The maximum Gasteiger partial charge on any atom is 0.276 e. The normalized spacial score (nSPS) is 16.5. The Kier molecular flexibility index (Phi) is 5.09. The number of halogens is 1. The molecule has 0 bridgehead atoms. The molecule has 7 nitrogen and oxygen atoms in total. The third-order valence-electron chi connectivity index (χ3n) is 7.40. The molecule has 1 fully saturated rings. The van der Waals surface area contributed by atoms with Gasteiger partial charge in [-0.15, -0.1) is 0 Å². The van der Waals surface area contributed by atoms with Crippen LogP contribution >= 0.6 is 0 Å². The van der Waals surface area contributed by atoms with Crippen molar-refractivity contribution in [3.8, 4) is 5.82 Å². The van der Waals surface area contributed by atoms with Gasteiger partial charge in [0.2, 0.25) is 0 Å². The molecule has 0 amide bonds. The Balaban J connectivity index is 1.44. The number of fused-ring (bicyclic) bond motifs is 3. The first-order valence-electron chi connectivity index (χ1n) is 12.6. The summed E-state index contributed by atoms with van der Waals surface area (Å²) in [5, 5.41) is 7.47. The number of nitrogens with one attached hydrogen (secondary N) is 2. The molecular weight excluding hydrogens is 455 g/mol. The summed E-state index contributed by atoms with van der Waals surface area (Å²) >= 11 is 0. The van der Waals surface area contributed by atoms with Gasteiger partial charge in [0.15, 0.2) is 5.82 Å². The molecule has 4 aromatic rings. The molecule has 2 N–H and O–H groups in total. The molecule has 6 rings (SSSR count). The largest absolute Gasteiger partial charge is 0.340 e. The Morgan fingerprint density at radius 1 is 1.17 bits per heavy atom. The van der Waals surface area contributed by atoms with Crippen LogP contribution in [-0.2, 0) is 17.6 Å². The van der Waals surface area contributed by atoms with E-state index in [4.69, 9.17) is 0 Å². The van der Waals surface area contributed by atoms with Crippen molar-refractivity contribution in [1.82, 2.24) is 24.6 Å². The van der Waals surface area contributed by atoms with Gasteiger partial charge >= 0.3 is 0 Å². The third kappa shape index (κ3) is 3.71. The van der Waals surface area contributed by atoms with Crippen molar-refractivity contribution >= 4 is 22.4 Å². The average Bonchev–Trinajstić information content (AvgIpc) is 3.54. The van der Waals surface area contributed by atoms with Gasteiger partial charge in [0.1, 0.15) is 11.5 Å². The lowest BCUT2D eigenvalue weighted by Gasteiger charge is -2.26. The van der Waals surface area contributed by atoms with E-state index in [0.717, 1.165) is 18.8 Å². The van der Waals surface area contributed by atoms with E-state index in [2.05, 4.69) is 38.8 Å². The lowest BCUT2D eigenvalue weighted by Crippen LogP contribution is -2.33. The number of hydrogen-bond donors (Lipinski definition) is 2. The molecule has 36 heavy (non-hydrogen) atoms. The zero-order chi connectivity index (χ0) is 25.2. The molecule has 2 aliphatic rings. The Morgan fingerprint density at radius 2 is 1.97 bits per heavy atom. The minimum Gasteiger partial charge on any atom is -0.340 e. The molecule has 0 radical (unpaired) electrons. The van der Waals surface area contributed by atoms with Crippen LogP contribution in [-0.4, -0.2) is 25.9 Å². The van der Waals surface area contributed by atoms with Crippen molar-refractivity contribution in [3.05, 3.63) is 75.8 Å². The minimum absolute atomic E-state index is 0.131. The van der Waals surface area contributed by atoms with E-state index in [0.29, 0.717) is 33.6 Å². The van der Waals surface area contributed by atoms with E-state index < -0.39 is 5.67 Å². The molecule has 186 valence electrons. The second-order valence-corrected chi connectivity index (χ2v) is 10.9. The monoisotopic (exact) mass is 486 g/mol. The van der Waals surface area contributed by atoms with Crippen molar-refractivity contribution in [2.75, 3.05) is 11.9 Å². The number of pyridine rings is 2. The minimum atomic E-state index is -1.60. The van der Waals surface area contributed by atoms with E-state index in [9.17, 15) is 9.18 Å². The number of rotatable bonds is 5. The zero-order valence-corrected chi connectivity index (χ0v) is 21.1. The van der Waals surface area contributed by atoms with Crippen LogP contribution in [0.4, 0.5) is 15.9 Å². The lowest BCUT2D eigenvalue weighted by molar-refractivity contribution is 0.214. The third-order valence-corrected chi connectivity index (χ3v) is 7.40. The van der Waals surface area contributed by atoms with Crippen molar-refractivity contribution in [2.45, 2.75) is 64.2 Å². The van der Waals surface area contributed by atoms with Crippen LogP contribution in [0.3, 0.4) is 0 Å². The highest BCUT2D eigenvalue weighted by Crippen LogP contribution is 2.50. The van der Waals surface area contributed by atoms with Gasteiger partial charge in [0.25, 0.3) is 5.56 Å². The standard InChI is InChI=1S/C28H31FN6O/c1-17(2)34-26(36)20-15-31-24(13-22(20)35(34)25-7-5-6-23(33-25)27(3,4)29)32-19-8-9-21-18(12-19)14-30-16-28(21)10-11-28/h5-9,12-13,15,17,30H,10-11,14,16H2,1-4H3,(H,31,32). The Labute approximate surface area is 209 Å². The SMILES string of the molecule is CC(C)n1c(=O)c2cnc(Nc3ccc4c(c3)CNCC43CC3)cc2n1-c1cccc(C(C)(C)F)n1. The molecule has 0 unspecified atom stereocenters. The first kappa shape index (κ1) is 22.9. The van der Waals surface area contributed by atoms with Crippen LogP contribution in [0.5, 0.6) is 0 Å². The van der Waals surface area contributed by atoms with Crippen molar-refractivity contribution in [3.63, 3.8) is 0 Å². The molecule has 0 saturated heterocycles. The van der Waals surface area contributed by atoms with Crippen LogP contribution in [0.25, 0.3) is 16.7 Å². The van der Waals surface area contributed by atoms with E-state index in [1.807, 2.05) is 19.9 Å². The second kappa shape index (κ2) is 8.00. The summed E-state index contributed by atoms with van der Waals surface area (Å²) in [6.45, 7) is 8.77. The number of aromatic nitrogens is 4. The predicted octanol–water partition coefficient (Wildman–Crippen LogP) is 5.25. The summed E-state index contributed by atoms with van der Waals surface area (Å²) in [6, 6.07) is 13.5. The molecular formula is C28H31FN6O. The van der Waals surface area contributed by atoms with Gasteiger partial charge in [-0.25, -0.2) is 23.7 Å². The number of alkyl halides is 1. The smallest absolute Gasteiger partial charge is 0.276 e. The maximum atomic E-state index is 14.7. The molecule has 1 saturated carbocycles. The zero-order valence-electron chi connectivity index (χ0n) is 21.1. The number of benzene rings is 1. The van der Waals surface area contributed by atoms with Gasteiger partial charge in [0.05, 0.1) is 16.6 Å². The van der Waals surface area contributed by atoms with E-state index in [1.165, 1.54) is 37.8 Å². The summed E-state index contributed by atoms with van der Waals surface area (Å²) in [4.78, 5) is 22.4.